The molecule has 2 fully saturated rings. The van der Waals surface area contributed by atoms with Crippen molar-refractivity contribution in [2.24, 2.45) is 11.3 Å². The van der Waals surface area contributed by atoms with Gasteiger partial charge >= 0.3 is 0 Å². The number of nitrogens with zero attached hydrogens (tertiary/aromatic N) is 2. The summed E-state index contributed by atoms with van der Waals surface area (Å²) in [5.41, 5.74) is 0.540. The lowest BCUT2D eigenvalue weighted by Gasteiger charge is -2.31. The van der Waals surface area contributed by atoms with Crippen molar-refractivity contribution in [1.29, 1.82) is 0 Å². The van der Waals surface area contributed by atoms with E-state index in [0.717, 1.165) is 5.92 Å². The second-order valence-corrected chi connectivity index (χ2v) is 5.12. The van der Waals surface area contributed by atoms with Crippen molar-refractivity contribution in [1.82, 2.24) is 15.1 Å². The molecule has 2 rings (SSSR count). The molecular formula is C10H21N3. The standard InChI is InChI=1S/C10H21N3/c1-12(2)7-10-6-11-4-9(10)5-13(3)8-10/h9,11H,4-8H2,1-3H3/t9-,10-/m0/s1. The predicted octanol–water partition coefficient (Wildman–Crippen LogP) is -0.301. The Morgan fingerprint density at radius 2 is 2.31 bits per heavy atom. The quantitative estimate of drug-likeness (QED) is 0.634. The molecule has 2 saturated heterocycles. The van der Waals surface area contributed by atoms with Crippen LogP contribution in [-0.2, 0) is 0 Å². The van der Waals surface area contributed by atoms with E-state index >= 15 is 0 Å². The summed E-state index contributed by atoms with van der Waals surface area (Å²) < 4.78 is 0. The van der Waals surface area contributed by atoms with Gasteiger partial charge in [0.05, 0.1) is 0 Å². The van der Waals surface area contributed by atoms with Crippen molar-refractivity contribution >= 4 is 0 Å². The van der Waals surface area contributed by atoms with Crippen LogP contribution in [0.25, 0.3) is 0 Å². The Balaban J connectivity index is 2.09. The predicted molar refractivity (Wildman–Crippen MR) is 54.8 cm³/mol. The second kappa shape index (κ2) is 3.23. The fourth-order valence-corrected chi connectivity index (χ4v) is 3.14. The minimum atomic E-state index is 0.540. The van der Waals surface area contributed by atoms with Crippen molar-refractivity contribution in [3.8, 4) is 0 Å². The highest BCUT2D eigenvalue weighted by Crippen LogP contribution is 2.38. The average Bonchev–Trinajstić information content (AvgIpc) is 2.40. The molecule has 0 aromatic carbocycles. The zero-order valence-electron chi connectivity index (χ0n) is 9.01. The van der Waals surface area contributed by atoms with E-state index in [1.165, 1.54) is 32.7 Å². The first-order chi connectivity index (χ1) is 6.12. The third-order valence-corrected chi connectivity index (χ3v) is 3.48. The van der Waals surface area contributed by atoms with Crippen LogP contribution >= 0.6 is 0 Å². The summed E-state index contributed by atoms with van der Waals surface area (Å²) in [6.45, 7) is 6.21. The molecule has 0 spiro atoms. The average molecular weight is 183 g/mol. The van der Waals surface area contributed by atoms with Gasteiger partial charge in [-0.25, -0.2) is 0 Å². The van der Waals surface area contributed by atoms with Crippen LogP contribution in [0.15, 0.2) is 0 Å². The van der Waals surface area contributed by atoms with Gasteiger partial charge in [0.15, 0.2) is 0 Å². The highest BCUT2D eigenvalue weighted by atomic mass is 15.2. The molecule has 2 heterocycles. The van der Waals surface area contributed by atoms with Crippen molar-refractivity contribution in [3.05, 3.63) is 0 Å². The highest BCUT2D eigenvalue weighted by Gasteiger charge is 2.48. The topological polar surface area (TPSA) is 18.5 Å². The Bertz CT molecular complexity index is 193. The Hall–Kier alpha value is -0.120. The molecule has 0 unspecified atom stereocenters. The smallest absolute Gasteiger partial charge is 0.0134 e. The van der Waals surface area contributed by atoms with E-state index in [2.05, 4.69) is 36.3 Å². The van der Waals surface area contributed by atoms with E-state index in [1.54, 1.807) is 0 Å². The fraction of sp³-hybridized carbons (Fsp3) is 1.00. The van der Waals surface area contributed by atoms with Gasteiger partial charge in [0.2, 0.25) is 0 Å². The highest BCUT2D eigenvalue weighted by molar-refractivity contribution is 5.03. The van der Waals surface area contributed by atoms with Crippen LogP contribution in [-0.4, -0.2) is 63.7 Å². The maximum absolute atomic E-state index is 3.54. The minimum Gasteiger partial charge on any atom is -0.316 e. The van der Waals surface area contributed by atoms with E-state index in [1.807, 2.05) is 0 Å². The number of fused-ring (bicyclic) bond motifs is 1. The molecule has 0 saturated carbocycles. The zero-order chi connectivity index (χ0) is 9.47. The molecule has 76 valence electrons. The number of nitrogens with one attached hydrogen (secondary N) is 1. The normalized spacial score (nSPS) is 40.2. The first-order valence-corrected chi connectivity index (χ1v) is 5.16. The van der Waals surface area contributed by atoms with Crippen LogP contribution in [0.3, 0.4) is 0 Å². The third kappa shape index (κ3) is 1.60. The van der Waals surface area contributed by atoms with Crippen LogP contribution in [0.1, 0.15) is 0 Å². The van der Waals surface area contributed by atoms with Gasteiger partial charge in [-0.1, -0.05) is 0 Å². The van der Waals surface area contributed by atoms with Gasteiger partial charge < -0.3 is 15.1 Å². The lowest BCUT2D eigenvalue weighted by atomic mass is 9.80. The molecule has 2 atom stereocenters. The molecule has 0 aliphatic carbocycles. The summed E-state index contributed by atoms with van der Waals surface area (Å²) in [6, 6.07) is 0. The SMILES string of the molecule is CN(C)C[C@]12CNC[C@H]1CN(C)C2. The summed E-state index contributed by atoms with van der Waals surface area (Å²) >= 11 is 0. The van der Waals surface area contributed by atoms with E-state index in [4.69, 9.17) is 0 Å². The van der Waals surface area contributed by atoms with Crippen molar-refractivity contribution < 1.29 is 0 Å². The Kier molecular flexibility index (Phi) is 2.34. The van der Waals surface area contributed by atoms with Crippen LogP contribution in [0.2, 0.25) is 0 Å². The molecule has 0 aromatic rings. The number of rotatable bonds is 2. The van der Waals surface area contributed by atoms with E-state index in [-0.39, 0.29) is 0 Å². The van der Waals surface area contributed by atoms with Gasteiger partial charge in [0, 0.05) is 31.6 Å². The first kappa shape index (κ1) is 9.44. The summed E-state index contributed by atoms with van der Waals surface area (Å²) in [6.07, 6.45) is 0. The van der Waals surface area contributed by atoms with Crippen LogP contribution in [0, 0.1) is 11.3 Å². The van der Waals surface area contributed by atoms with Crippen molar-refractivity contribution in [2.45, 2.75) is 0 Å². The van der Waals surface area contributed by atoms with Gasteiger partial charge in [0.1, 0.15) is 0 Å². The lowest BCUT2D eigenvalue weighted by Crippen LogP contribution is -2.41. The first-order valence-electron chi connectivity index (χ1n) is 5.16. The lowest BCUT2D eigenvalue weighted by molar-refractivity contribution is 0.193. The summed E-state index contributed by atoms with van der Waals surface area (Å²) in [4.78, 5) is 4.81. The summed E-state index contributed by atoms with van der Waals surface area (Å²) in [7, 11) is 6.61. The van der Waals surface area contributed by atoms with E-state index in [9.17, 15) is 0 Å². The van der Waals surface area contributed by atoms with Crippen molar-refractivity contribution in [3.63, 3.8) is 0 Å². The van der Waals surface area contributed by atoms with Gasteiger partial charge in [0.25, 0.3) is 0 Å². The Morgan fingerprint density at radius 1 is 1.54 bits per heavy atom. The fourth-order valence-electron chi connectivity index (χ4n) is 3.14. The Labute approximate surface area is 81.1 Å². The summed E-state index contributed by atoms with van der Waals surface area (Å²) in [5.74, 6) is 0.875. The van der Waals surface area contributed by atoms with Crippen LogP contribution in [0.5, 0.6) is 0 Å². The molecule has 0 aromatic heterocycles. The molecule has 0 radical (unpaired) electrons. The molecule has 3 nitrogen and oxygen atoms in total. The Morgan fingerprint density at radius 3 is 3.00 bits per heavy atom. The maximum Gasteiger partial charge on any atom is 0.0134 e. The second-order valence-electron chi connectivity index (χ2n) is 5.12. The molecule has 0 amide bonds. The van der Waals surface area contributed by atoms with E-state index < -0.39 is 0 Å². The van der Waals surface area contributed by atoms with Gasteiger partial charge in [-0.2, -0.15) is 0 Å². The summed E-state index contributed by atoms with van der Waals surface area (Å²) in [5, 5.41) is 3.54. The monoisotopic (exact) mass is 183 g/mol. The molecule has 0 bridgehead atoms. The third-order valence-electron chi connectivity index (χ3n) is 3.48. The molecular weight excluding hydrogens is 162 g/mol. The van der Waals surface area contributed by atoms with Gasteiger partial charge in [-0.3, -0.25) is 0 Å². The molecule has 2 aliphatic heterocycles. The molecule has 3 heteroatoms. The largest absolute Gasteiger partial charge is 0.316 e. The number of hydrogen-bond acceptors (Lipinski definition) is 3. The van der Waals surface area contributed by atoms with Gasteiger partial charge in [-0.05, 0) is 33.6 Å². The van der Waals surface area contributed by atoms with Crippen LogP contribution < -0.4 is 5.32 Å². The minimum absolute atomic E-state index is 0.540. The number of likely N-dealkylation sites (tertiary alicyclic amines) is 1. The zero-order valence-corrected chi connectivity index (χ0v) is 9.01. The van der Waals surface area contributed by atoms with Crippen molar-refractivity contribution in [2.75, 3.05) is 53.9 Å². The maximum atomic E-state index is 3.54. The number of hydrogen-bond donors (Lipinski definition) is 1. The van der Waals surface area contributed by atoms with Gasteiger partial charge in [-0.15, -0.1) is 0 Å². The molecule has 13 heavy (non-hydrogen) atoms. The van der Waals surface area contributed by atoms with Crippen LogP contribution in [0.4, 0.5) is 0 Å². The van der Waals surface area contributed by atoms with E-state index in [0.29, 0.717) is 5.41 Å². The molecule has 1 N–H and O–H groups in total. The molecule has 2 aliphatic rings.